The van der Waals surface area contributed by atoms with E-state index < -0.39 is 0 Å². The second-order valence-corrected chi connectivity index (χ2v) is 3.45. The van der Waals surface area contributed by atoms with Gasteiger partial charge < -0.3 is 5.32 Å². The van der Waals surface area contributed by atoms with Gasteiger partial charge in [-0.1, -0.05) is 27.7 Å². The number of Topliss-reactive ketones (excluding diaryl/α,β-unsaturated/α-hetero) is 1. The quantitative estimate of drug-likeness (QED) is 0.643. The van der Waals surface area contributed by atoms with Gasteiger partial charge in [0.25, 0.3) is 0 Å². The number of carbonyl (C=O) groups excluding carboxylic acids is 1. The minimum Gasteiger partial charge on any atom is -0.310 e. The molecule has 0 fully saturated rings. The molecular formula is C8H17NO. The summed E-state index contributed by atoms with van der Waals surface area (Å²) in [4.78, 5) is 11.2. The summed E-state index contributed by atoms with van der Waals surface area (Å²) in [6.45, 7) is 9.17. The average Bonchev–Trinajstić information content (AvgIpc) is 1.80. The van der Waals surface area contributed by atoms with Crippen LogP contribution in [-0.4, -0.2) is 18.9 Å². The third-order valence-electron chi connectivity index (χ3n) is 1.37. The van der Waals surface area contributed by atoms with Crippen molar-refractivity contribution in [3.8, 4) is 0 Å². The zero-order valence-electron chi connectivity index (χ0n) is 7.32. The maximum absolute atomic E-state index is 11.2. The van der Waals surface area contributed by atoms with Gasteiger partial charge in [0.05, 0.1) is 6.54 Å². The molecule has 2 heteroatoms. The van der Waals surface area contributed by atoms with Crippen molar-refractivity contribution in [1.82, 2.24) is 5.32 Å². The van der Waals surface area contributed by atoms with Crippen molar-refractivity contribution in [3.63, 3.8) is 0 Å². The molecule has 0 heterocycles. The molecule has 0 rings (SSSR count). The first-order valence-electron chi connectivity index (χ1n) is 3.72. The zero-order valence-corrected chi connectivity index (χ0v) is 7.32. The fourth-order valence-electron chi connectivity index (χ4n) is 0.504. The van der Waals surface area contributed by atoms with E-state index in [-0.39, 0.29) is 11.2 Å². The predicted molar refractivity (Wildman–Crippen MR) is 43.0 cm³/mol. The van der Waals surface area contributed by atoms with E-state index >= 15 is 0 Å². The number of carbonyl (C=O) groups is 1. The highest BCUT2D eigenvalue weighted by Crippen LogP contribution is 2.13. The Balaban J connectivity index is 3.64. The van der Waals surface area contributed by atoms with E-state index in [1.807, 2.05) is 27.7 Å². The average molecular weight is 143 g/mol. The van der Waals surface area contributed by atoms with E-state index in [0.29, 0.717) is 6.54 Å². The second kappa shape index (κ2) is 3.71. The van der Waals surface area contributed by atoms with E-state index in [0.717, 1.165) is 6.54 Å². The van der Waals surface area contributed by atoms with Crippen LogP contribution in [-0.2, 0) is 4.79 Å². The highest BCUT2D eigenvalue weighted by atomic mass is 16.1. The van der Waals surface area contributed by atoms with Gasteiger partial charge in [-0.2, -0.15) is 0 Å². The molecule has 0 saturated heterocycles. The largest absolute Gasteiger partial charge is 0.310 e. The Bertz CT molecular complexity index is 113. The first kappa shape index (κ1) is 9.63. The van der Waals surface area contributed by atoms with E-state index in [1.54, 1.807) is 0 Å². The van der Waals surface area contributed by atoms with Crippen molar-refractivity contribution in [2.45, 2.75) is 27.7 Å². The molecule has 0 unspecified atom stereocenters. The zero-order chi connectivity index (χ0) is 8.20. The normalized spacial score (nSPS) is 11.6. The van der Waals surface area contributed by atoms with Gasteiger partial charge in [-0.3, -0.25) is 4.79 Å². The third kappa shape index (κ3) is 3.62. The van der Waals surface area contributed by atoms with Crippen LogP contribution in [0.15, 0.2) is 0 Å². The molecule has 0 bridgehead atoms. The Morgan fingerprint density at radius 1 is 1.40 bits per heavy atom. The van der Waals surface area contributed by atoms with Crippen LogP contribution in [0.4, 0.5) is 0 Å². The molecule has 0 aromatic carbocycles. The van der Waals surface area contributed by atoms with Gasteiger partial charge in [0.15, 0.2) is 5.78 Å². The number of ketones is 1. The molecule has 0 aliphatic heterocycles. The SMILES string of the molecule is CCNCC(=O)C(C)(C)C. The summed E-state index contributed by atoms with van der Waals surface area (Å²) in [5, 5.41) is 3.01. The van der Waals surface area contributed by atoms with Gasteiger partial charge in [0.2, 0.25) is 0 Å². The molecule has 0 radical (unpaired) electrons. The number of rotatable bonds is 3. The van der Waals surface area contributed by atoms with Gasteiger partial charge >= 0.3 is 0 Å². The number of likely N-dealkylation sites (N-methyl/N-ethyl adjacent to an activating group) is 1. The molecule has 0 saturated carbocycles. The van der Waals surface area contributed by atoms with Crippen LogP contribution in [0.5, 0.6) is 0 Å². The van der Waals surface area contributed by atoms with Gasteiger partial charge in [-0.25, -0.2) is 0 Å². The summed E-state index contributed by atoms with van der Waals surface area (Å²) in [6.07, 6.45) is 0. The predicted octanol–water partition coefficient (Wildman–Crippen LogP) is 1.21. The Morgan fingerprint density at radius 2 is 1.90 bits per heavy atom. The van der Waals surface area contributed by atoms with Crippen molar-refractivity contribution in [1.29, 1.82) is 0 Å². The van der Waals surface area contributed by atoms with Crippen molar-refractivity contribution in [3.05, 3.63) is 0 Å². The molecule has 0 aromatic rings. The molecular weight excluding hydrogens is 126 g/mol. The molecule has 60 valence electrons. The van der Waals surface area contributed by atoms with Crippen LogP contribution in [0, 0.1) is 5.41 Å². The maximum Gasteiger partial charge on any atom is 0.151 e. The maximum atomic E-state index is 11.2. The summed E-state index contributed by atoms with van der Waals surface area (Å²) in [6, 6.07) is 0. The summed E-state index contributed by atoms with van der Waals surface area (Å²) in [5.74, 6) is 0.273. The molecule has 0 spiro atoms. The lowest BCUT2D eigenvalue weighted by molar-refractivity contribution is -0.125. The Labute approximate surface area is 63.0 Å². The summed E-state index contributed by atoms with van der Waals surface area (Å²) in [7, 11) is 0. The lowest BCUT2D eigenvalue weighted by Crippen LogP contribution is -2.31. The van der Waals surface area contributed by atoms with Gasteiger partial charge in [0.1, 0.15) is 0 Å². The number of nitrogens with one attached hydrogen (secondary N) is 1. The molecule has 1 N–H and O–H groups in total. The standard InChI is InChI=1S/C8H17NO/c1-5-9-6-7(10)8(2,3)4/h9H,5-6H2,1-4H3. The van der Waals surface area contributed by atoms with E-state index in [9.17, 15) is 4.79 Å². The molecule has 0 aliphatic rings. The lowest BCUT2D eigenvalue weighted by Gasteiger charge is -2.16. The number of hydrogen-bond donors (Lipinski definition) is 1. The van der Waals surface area contributed by atoms with Crippen molar-refractivity contribution in [2.24, 2.45) is 5.41 Å². The third-order valence-corrected chi connectivity index (χ3v) is 1.37. The van der Waals surface area contributed by atoms with Gasteiger partial charge in [0, 0.05) is 5.41 Å². The first-order valence-corrected chi connectivity index (χ1v) is 3.72. The van der Waals surface area contributed by atoms with Crippen LogP contribution >= 0.6 is 0 Å². The van der Waals surface area contributed by atoms with Gasteiger partial charge in [-0.15, -0.1) is 0 Å². The van der Waals surface area contributed by atoms with Crippen LogP contribution in [0.25, 0.3) is 0 Å². The minimum atomic E-state index is -0.192. The topological polar surface area (TPSA) is 29.1 Å². The van der Waals surface area contributed by atoms with Crippen molar-refractivity contribution >= 4 is 5.78 Å². The minimum absolute atomic E-state index is 0.192. The van der Waals surface area contributed by atoms with Crippen molar-refractivity contribution < 1.29 is 4.79 Å². The van der Waals surface area contributed by atoms with E-state index in [2.05, 4.69) is 5.32 Å². The van der Waals surface area contributed by atoms with Crippen LogP contribution in [0.2, 0.25) is 0 Å². The van der Waals surface area contributed by atoms with E-state index in [4.69, 9.17) is 0 Å². The van der Waals surface area contributed by atoms with Crippen LogP contribution < -0.4 is 5.32 Å². The number of hydrogen-bond acceptors (Lipinski definition) is 2. The van der Waals surface area contributed by atoms with E-state index in [1.165, 1.54) is 0 Å². The second-order valence-electron chi connectivity index (χ2n) is 3.45. The fraction of sp³-hybridized carbons (Fsp3) is 0.875. The Morgan fingerprint density at radius 3 is 2.20 bits per heavy atom. The van der Waals surface area contributed by atoms with Crippen molar-refractivity contribution in [2.75, 3.05) is 13.1 Å². The molecule has 0 atom stereocenters. The summed E-state index contributed by atoms with van der Waals surface area (Å²) >= 11 is 0. The molecule has 0 aliphatic carbocycles. The molecule has 0 amide bonds. The Kier molecular flexibility index (Phi) is 3.58. The molecule has 0 aromatic heterocycles. The molecule has 10 heavy (non-hydrogen) atoms. The summed E-state index contributed by atoms with van der Waals surface area (Å²) < 4.78 is 0. The Hall–Kier alpha value is -0.370. The monoisotopic (exact) mass is 143 g/mol. The van der Waals surface area contributed by atoms with Crippen LogP contribution in [0.1, 0.15) is 27.7 Å². The molecule has 2 nitrogen and oxygen atoms in total. The lowest BCUT2D eigenvalue weighted by atomic mass is 9.91. The smallest absolute Gasteiger partial charge is 0.151 e. The summed E-state index contributed by atoms with van der Waals surface area (Å²) in [5.41, 5.74) is -0.192. The van der Waals surface area contributed by atoms with Crippen LogP contribution in [0.3, 0.4) is 0 Å². The highest BCUT2D eigenvalue weighted by Gasteiger charge is 2.19. The first-order chi connectivity index (χ1) is 4.48. The van der Waals surface area contributed by atoms with Gasteiger partial charge in [-0.05, 0) is 6.54 Å². The fourth-order valence-corrected chi connectivity index (χ4v) is 0.504. The highest BCUT2D eigenvalue weighted by molar-refractivity contribution is 5.85.